The van der Waals surface area contributed by atoms with Gasteiger partial charge >= 0.3 is 5.97 Å². The first kappa shape index (κ1) is 20.8. The van der Waals surface area contributed by atoms with Gasteiger partial charge in [-0.2, -0.15) is 0 Å². The normalized spacial score (nSPS) is 20.9. The summed E-state index contributed by atoms with van der Waals surface area (Å²) in [5, 5.41) is 2.34. The first-order valence-corrected chi connectivity index (χ1v) is 11.8. The van der Waals surface area contributed by atoms with Crippen LogP contribution in [0.25, 0.3) is 0 Å². The van der Waals surface area contributed by atoms with Crippen molar-refractivity contribution in [1.82, 2.24) is 4.90 Å². The van der Waals surface area contributed by atoms with E-state index >= 15 is 0 Å². The Kier molecular flexibility index (Phi) is 6.08. The average Bonchev–Trinajstić information content (AvgIpc) is 3.06. The van der Waals surface area contributed by atoms with Gasteiger partial charge in [-0.25, -0.2) is 0 Å². The number of ether oxygens (including phenoxy) is 1. The lowest BCUT2D eigenvalue weighted by atomic mass is 10.2. The summed E-state index contributed by atoms with van der Waals surface area (Å²) >= 11 is 0. The summed E-state index contributed by atoms with van der Waals surface area (Å²) in [6.07, 6.45) is 0.629. The Bertz CT molecular complexity index is 749. The molecule has 0 saturated carbocycles. The molecule has 1 saturated heterocycles. The van der Waals surface area contributed by atoms with Crippen molar-refractivity contribution in [2.45, 2.75) is 44.4 Å². The van der Waals surface area contributed by atoms with Crippen molar-refractivity contribution in [3.63, 3.8) is 0 Å². The van der Waals surface area contributed by atoms with Crippen molar-refractivity contribution in [1.29, 1.82) is 0 Å². The molecule has 1 aliphatic rings. The molecule has 0 N–H and O–H groups in total. The molecule has 0 amide bonds. The number of likely N-dealkylation sites (tertiary alicyclic amines) is 1. The van der Waals surface area contributed by atoms with E-state index in [2.05, 4.69) is 69.3 Å². The highest BCUT2D eigenvalue weighted by Crippen LogP contribution is 2.39. The fourth-order valence-corrected chi connectivity index (χ4v) is 9.12. The number of rotatable bonds is 5. The molecule has 0 unspecified atom stereocenters. The average molecular weight is 398 g/mol. The fourth-order valence-electron chi connectivity index (χ4n) is 4.41. The highest BCUT2D eigenvalue weighted by atomic mass is 28.4. The maximum Gasteiger partial charge on any atom is 0.325 e. The number of nitrogens with zero attached hydrogens (tertiary/aromatic N) is 1. The van der Waals surface area contributed by atoms with Gasteiger partial charge in [0.15, 0.2) is 0 Å². The van der Waals surface area contributed by atoms with Gasteiger partial charge in [0.1, 0.15) is 6.04 Å². The molecule has 1 aliphatic heterocycles. The molecule has 1 fully saturated rings. The number of hydrogen-bond donors (Lipinski definition) is 0. The Labute approximate surface area is 169 Å². The lowest BCUT2D eigenvalue weighted by Gasteiger charge is -2.45. The van der Waals surface area contributed by atoms with Crippen molar-refractivity contribution in [2.75, 3.05) is 20.7 Å². The van der Waals surface area contributed by atoms with E-state index in [-0.39, 0.29) is 23.2 Å². The largest absolute Gasteiger partial charge is 0.468 e. The van der Waals surface area contributed by atoms with Gasteiger partial charge in [-0.1, -0.05) is 81.4 Å². The van der Waals surface area contributed by atoms with Gasteiger partial charge in [0.25, 0.3) is 8.32 Å². The van der Waals surface area contributed by atoms with E-state index in [0.717, 1.165) is 13.0 Å². The predicted molar refractivity (Wildman–Crippen MR) is 116 cm³/mol. The summed E-state index contributed by atoms with van der Waals surface area (Å²) in [5.41, 5.74) is 0. The van der Waals surface area contributed by atoms with Crippen molar-refractivity contribution >= 4 is 24.7 Å². The molecule has 3 rings (SSSR count). The van der Waals surface area contributed by atoms with Gasteiger partial charge in [-0.05, 0) is 28.9 Å². The summed E-state index contributed by atoms with van der Waals surface area (Å²) in [6, 6.07) is 20.7. The van der Waals surface area contributed by atoms with Crippen LogP contribution in [-0.4, -0.2) is 52.0 Å². The predicted octanol–water partition coefficient (Wildman–Crippen LogP) is 2.81. The first-order valence-electron chi connectivity index (χ1n) is 9.88. The van der Waals surface area contributed by atoms with Crippen LogP contribution in [-0.2, 0) is 14.0 Å². The van der Waals surface area contributed by atoms with E-state index in [1.807, 2.05) is 24.1 Å². The van der Waals surface area contributed by atoms with E-state index in [1.54, 1.807) is 0 Å². The molecule has 0 aromatic heterocycles. The van der Waals surface area contributed by atoms with E-state index in [0.29, 0.717) is 0 Å². The molecule has 2 aromatic rings. The zero-order valence-corrected chi connectivity index (χ0v) is 18.5. The number of methoxy groups -OCH3 is 1. The third-order valence-corrected chi connectivity index (χ3v) is 10.8. The number of carbonyl (C=O) groups excluding carboxylic acids is 1. The number of likely N-dealkylation sites (N-methyl/N-ethyl adjacent to an activating group) is 1. The zero-order chi connectivity index (χ0) is 20.4. The number of carbonyl (C=O) groups is 1. The molecular formula is C23H31NO3Si. The molecule has 4 nitrogen and oxygen atoms in total. The Morgan fingerprint density at radius 1 is 1.00 bits per heavy atom. The summed E-state index contributed by atoms with van der Waals surface area (Å²) in [6.45, 7) is 7.59. The highest BCUT2D eigenvalue weighted by molar-refractivity contribution is 6.99. The van der Waals surface area contributed by atoms with Gasteiger partial charge in [-0.3, -0.25) is 9.69 Å². The van der Waals surface area contributed by atoms with Crippen molar-refractivity contribution in [3.8, 4) is 0 Å². The van der Waals surface area contributed by atoms with Crippen molar-refractivity contribution < 1.29 is 14.0 Å². The number of esters is 1. The quantitative estimate of drug-likeness (QED) is 0.574. The number of hydrogen-bond acceptors (Lipinski definition) is 4. The Hall–Kier alpha value is -1.95. The van der Waals surface area contributed by atoms with Crippen LogP contribution in [0.1, 0.15) is 27.2 Å². The van der Waals surface area contributed by atoms with Crippen LogP contribution in [0.3, 0.4) is 0 Å². The molecule has 0 spiro atoms. The molecule has 0 radical (unpaired) electrons. The molecule has 0 bridgehead atoms. The SMILES string of the molecule is COC(=O)[C@H]1[C@@H](O[Si](c2ccccc2)(c2ccccc2)C(C)(C)C)CCN1C. The van der Waals surface area contributed by atoms with E-state index < -0.39 is 8.32 Å². The maximum absolute atomic E-state index is 12.5. The minimum Gasteiger partial charge on any atom is -0.468 e. The molecule has 1 heterocycles. The fraction of sp³-hybridized carbons (Fsp3) is 0.435. The van der Waals surface area contributed by atoms with Crippen LogP contribution in [0.15, 0.2) is 60.7 Å². The summed E-state index contributed by atoms with van der Waals surface area (Å²) in [7, 11) is 0.743. The van der Waals surface area contributed by atoms with Crippen LogP contribution in [0.2, 0.25) is 5.04 Å². The smallest absolute Gasteiger partial charge is 0.325 e. The Morgan fingerprint density at radius 3 is 1.93 bits per heavy atom. The molecule has 0 aliphatic carbocycles. The standard InChI is InChI=1S/C23H31NO3Si/c1-23(2,3)28(18-12-8-6-9-13-18,19-14-10-7-11-15-19)27-20-16-17-24(4)21(20)22(25)26-5/h6-15,20-21H,16-17H2,1-5H3/t20-,21+/m0/s1. The molecule has 5 heteroatoms. The van der Waals surface area contributed by atoms with Gasteiger partial charge < -0.3 is 9.16 Å². The van der Waals surface area contributed by atoms with Crippen LogP contribution in [0.4, 0.5) is 0 Å². The van der Waals surface area contributed by atoms with Gasteiger partial charge in [0.2, 0.25) is 0 Å². The third kappa shape index (κ3) is 3.66. The van der Waals surface area contributed by atoms with Crippen molar-refractivity contribution in [3.05, 3.63) is 60.7 Å². The monoisotopic (exact) mass is 397 g/mol. The lowest BCUT2D eigenvalue weighted by molar-refractivity contribution is -0.147. The summed E-state index contributed by atoms with van der Waals surface area (Å²) in [5.74, 6) is -0.220. The second-order valence-electron chi connectivity index (χ2n) is 8.56. The molecule has 150 valence electrons. The van der Waals surface area contributed by atoms with Crippen LogP contribution >= 0.6 is 0 Å². The minimum absolute atomic E-state index is 0.114. The minimum atomic E-state index is -2.68. The third-order valence-electron chi connectivity index (χ3n) is 5.78. The van der Waals surface area contributed by atoms with Crippen molar-refractivity contribution in [2.24, 2.45) is 0 Å². The Balaban J connectivity index is 2.15. The van der Waals surface area contributed by atoms with Gasteiger partial charge in [0.05, 0.1) is 13.2 Å². The molecular weight excluding hydrogens is 366 g/mol. The van der Waals surface area contributed by atoms with Gasteiger partial charge in [0, 0.05) is 6.54 Å². The van der Waals surface area contributed by atoms with Gasteiger partial charge in [-0.15, -0.1) is 0 Å². The summed E-state index contributed by atoms with van der Waals surface area (Å²) in [4.78, 5) is 14.6. The summed E-state index contributed by atoms with van der Waals surface area (Å²) < 4.78 is 12.2. The van der Waals surface area contributed by atoms with Crippen LogP contribution in [0.5, 0.6) is 0 Å². The zero-order valence-electron chi connectivity index (χ0n) is 17.5. The van der Waals surface area contributed by atoms with E-state index in [1.165, 1.54) is 17.5 Å². The molecule has 28 heavy (non-hydrogen) atoms. The number of benzene rings is 2. The maximum atomic E-state index is 12.5. The second-order valence-corrected chi connectivity index (χ2v) is 12.8. The van der Waals surface area contributed by atoms with E-state index in [9.17, 15) is 4.79 Å². The molecule has 2 aromatic carbocycles. The topological polar surface area (TPSA) is 38.8 Å². The van der Waals surface area contributed by atoms with Crippen LogP contribution in [0, 0.1) is 0 Å². The highest BCUT2D eigenvalue weighted by Gasteiger charge is 2.54. The molecule has 2 atom stereocenters. The second kappa shape index (κ2) is 8.19. The lowest BCUT2D eigenvalue weighted by Crippen LogP contribution is -2.68. The first-order chi connectivity index (χ1) is 13.3. The van der Waals surface area contributed by atoms with Crippen LogP contribution < -0.4 is 10.4 Å². The Morgan fingerprint density at radius 2 is 1.50 bits per heavy atom. The van der Waals surface area contributed by atoms with E-state index in [4.69, 9.17) is 9.16 Å².